The van der Waals surface area contributed by atoms with Gasteiger partial charge in [-0.15, -0.1) is 0 Å². The topological polar surface area (TPSA) is 64.7 Å². The third-order valence-corrected chi connectivity index (χ3v) is 8.98. The molecule has 0 spiro atoms. The Bertz CT molecular complexity index is 1380. The first kappa shape index (κ1) is 27.3. The van der Waals surface area contributed by atoms with Crippen LogP contribution in [0.25, 0.3) is 0 Å². The molecular weight excluding hydrogens is 515 g/mol. The number of aryl methyl sites for hydroxylation is 1. The van der Waals surface area contributed by atoms with E-state index in [4.69, 9.17) is 0 Å². The van der Waals surface area contributed by atoms with Crippen molar-refractivity contribution in [1.29, 1.82) is 0 Å². The van der Waals surface area contributed by atoms with Gasteiger partial charge in [-0.2, -0.15) is 0 Å². The van der Waals surface area contributed by atoms with Gasteiger partial charge in [0.25, 0.3) is 5.91 Å². The summed E-state index contributed by atoms with van der Waals surface area (Å²) in [6, 6.07) is 20.8. The SMILES string of the molecule is Cc1cccc(F)c1C(=O)N1CCCC(C(=O)Nc2cccc(N3CCCC3)c2)C1c1ccc(NC2CCC2)cc1. The van der Waals surface area contributed by atoms with Crippen molar-refractivity contribution in [3.05, 3.63) is 89.2 Å². The van der Waals surface area contributed by atoms with E-state index in [0.29, 0.717) is 31.0 Å². The van der Waals surface area contributed by atoms with Gasteiger partial charge in [0.1, 0.15) is 5.82 Å². The first-order valence-corrected chi connectivity index (χ1v) is 15.1. The van der Waals surface area contributed by atoms with Crippen LogP contribution in [0.5, 0.6) is 0 Å². The number of benzene rings is 3. The summed E-state index contributed by atoms with van der Waals surface area (Å²) in [7, 11) is 0. The third-order valence-electron chi connectivity index (χ3n) is 8.98. The molecule has 2 unspecified atom stereocenters. The maximum Gasteiger partial charge on any atom is 0.257 e. The van der Waals surface area contributed by atoms with E-state index in [9.17, 15) is 14.0 Å². The minimum absolute atomic E-state index is 0.0835. The molecule has 6 nitrogen and oxygen atoms in total. The normalized spacial score (nSPS) is 20.9. The van der Waals surface area contributed by atoms with E-state index in [0.717, 1.165) is 35.7 Å². The minimum atomic E-state index is -0.529. The number of piperidine rings is 1. The van der Waals surface area contributed by atoms with Crippen LogP contribution in [0, 0.1) is 18.7 Å². The lowest BCUT2D eigenvalue weighted by Gasteiger charge is -2.41. The molecule has 2 amide bonds. The molecule has 3 fully saturated rings. The van der Waals surface area contributed by atoms with Gasteiger partial charge in [0, 0.05) is 42.7 Å². The van der Waals surface area contributed by atoms with Crippen LogP contribution < -0.4 is 15.5 Å². The molecule has 3 aromatic carbocycles. The van der Waals surface area contributed by atoms with Crippen LogP contribution in [0.15, 0.2) is 66.7 Å². The van der Waals surface area contributed by atoms with Crippen LogP contribution in [0.1, 0.15) is 72.5 Å². The highest BCUT2D eigenvalue weighted by molar-refractivity contribution is 5.98. The lowest BCUT2D eigenvalue weighted by atomic mass is 9.83. The Hall–Kier alpha value is -3.87. The third kappa shape index (κ3) is 5.81. The van der Waals surface area contributed by atoms with Gasteiger partial charge >= 0.3 is 0 Å². The lowest BCUT2D eigenvalue weighted by Crippen LogP contribution is -2.46. The van der Waals surface area contributed by atoms with Crippen molar-refractivity contribution < 1.29 is 14.0 Å². The van der Waals surface area contributed by atoms with Crippen molar-refractivity contribution in [1.82, 2.24) is 4.90 Å². The summed E-state index contributed by atoms with van der Waals surface area (Å²) in [5, 5.41) is 6.72. The van der Waals surface area contributed by atoms with Gasteiger partial charge in [0.15, 0.2) is 0 Å². The summed E-state index contributed by atoms with van der Waals surface area (Å²) in [6.45, 7) is 4.28. The molecule has 2 N–H and O–H groups in total. The number of carbonyl (C=O) groups is 2. The second-order valence-corrected chi connectivity index (χ2v) is 11.8. The van der Waals surface area contributed by atoms with Gasteiger partial charge in [-0.25, -0.2) is 4.39 Å². The smallest absolute Gasteiger partial charge is 0.257 e. The standard InChI is InChI=1S/C34H39FN4O2/c1-23-8-4-14-30(35)31(23)34(41)39-21-7-13-29(32(39)24-15-17-26(18-16-24)36-25-9-5-10-25)33(40)37-27-11-6-12-28(22-27)38-19-2-3-20-38/h4,6,8,11-12,14-18,22,25,29,32,36H,2-3,5,7,9-10,13,19-21H2,1H3,(H,37,40). The van der Waals surface area contributed by atoms with E-state index in [1.54, 1.807) is 24.0 Å². The van der Waals surface area contributed by atoms with E-state index >= 15 is 0 Å². The predicted octanol–water partition coefficient (Wildman–Crippen LogP) is 6.93. The molecule has 3 aliphatic rings. The molecule has 2 aliphatic heterocycles. The highest BCUT2D eigenvalue weighted by Gasteiger charge is 2.40. The average molecular weight is 555 g/mol. The Morgan fingerprint density at radius 1 is 0.829 bits per heavy atom. The quantitative estimate of drug-likeness (QED) is 0.332. The number of anilines is 3. The Balaban J connectivity index is 1.30. The molecule has 0 aromatic heterocycles. The van der Waals surface area contributed by atoms with Crippen molar-refractivity contribution in [3.63, 3.8) is 0 Å². The summed E-state index contributed by atoms with van der Waals surface area (Å²) in [5.74, 6) is -1.48. The van der Waals surface area contributed by atoms with Gasteiger partial charge in [-0.05, 0) is 99.4 Å². The monoisotopic (exact) mass is 554 g/mol. The minimum Gasteiger partial charge on any atom is -0.382 e. The Morgan fingerprint density at radius 2 is 1.59 bits per heavy atom. The Morgan fingerprint density at radius 3 is 2.29 bits per heavy atom. The number of nitrogens with one attached hydrogen (secondary N) is 2. The number of hydrogen-bond donors (Lipinski definition) is 2. The van der Waals surface area contributed by atoms with E-state index < -0.39 is 17.8 Å². The number of amides is 2. The predicted molar refractivity (Wildman–Crippen MR) is 162 cm³/mol. The Kier molecular flexibility index (Phi) is 7.95. The lowest BCUT2D eigenvalue weighted by molar-refractivity contribution is -0.123. The van der Waals surface area contributed by atoms with Gasteiger partial charge in [0.2, 0.25) is 5.91 Å². The van der Waals surface area contributed by atoms with Crippen LogP contribution in [-0.2, 0) is 4.79 Å². The van der Waals surface area contributed by atoms with E-state index in [1.165, 1.54) is 38.2 Å². The van der Waals surface area contributed by atoms with Crippen molar-refractivity contribution in [2.45, 2.75) is 64.0 Å². The molecule has 3 aromatic rings. The van der Waals surface area contributed by atoms with Crippen molar-refractivity contribution in [2.75, 3.05) is 35.2 Å². The molecule has 0 radical (unpaired) electrons. The maximum absolute atomic E-state index is 15.0. The maximum atomic E-state index is 15.0. The van der Waals surface area contributed by atoms with Gasteiger partial charge in [-0.3, -0.25) is 9.59 Å². The van der Waals surface area contributed by atoms with E-state index in [2.05, 4.69) is 21.6 Å². The van der Waals surface area contributed by atoms with Gasteiger partial charge < -0.3 is 20.4 Å². The second kappa shape index (κ2) is 11.9. The zero-order valence-corrected chi connectivity index (χ0v) is 23.7. The Labute approximate surface area is 241 Å². The van der Waals surface area contributed by atoms with Gasteiger partial charge in [-0.1, -0.05) is 30.3 Å². The first-order valence-electron chi connectivity index (χ1n) is 15.1. The van der Waals surface area contributed by atoms with Crippen LogP contribution in [0.3, 0.4) is 0 Å². The average Bonchev–Trinajstić information content (AvgIpc) is 3.50. The molecule has 7 heteroatoms. The molecule has 214 valence electrons. The summed E-state index contributed by atoms with van der Waals surface area (Å²) < 4.78 is 15.0. The summed E-state index contributed by atoms with van der Waals surface area (Å²) in [4.78, 5) is 31.9. The number of likely N-dealkylation sites (tertiary alicyclic amines) is 1. The molecule has 2 heterocycles. The largest absolute Gasteiger partial charge is 0.382 e. The van der Waals surface area contributed by atoms with E-state index in [1.807, 2.05) is 42.5 Å². The number of nitrogens with zero attached hydrogens (tertiary/aromatic N) is 2. The molecular formula is C34H39FN4O2. The van der Waals surface area contributed by atoms with E-state index in [-0.39, 0.29) is 17.4 Å². The highest BCUT2D eigenvalue weighted by atomic mass is 19.1. The van der Waals surface area contributed by atoms with Gasteiger partial charge in [0.05, 0.1) is 17.5 Å². The molecule has 1 saturated carbocycles. The molecule has 1 aliphatic carbocycles. The molecule has 6 rings (SSSR count). The highest BCUT2D eigenvalue weighted by Crippen LogP contribution is 2.39. The molecule has 2 atom stereocenters. The summed E-state index contributed by atoms with van der Waals surface area (Å²) >= 11 is 0. The zero-order chi connectivity index (χ0) is 28.3. The fraction of sp³-hybridized carbons (Fsp3) is 0.412. The fourth-order valence-corrected chi connectivity index (χ4v) is 6.51. The van der Waals surface area contributed by atoms with Crippen LogP contribution in [0.4, 0.5) is 21.5 Å². The van der Waals surface area contributed by atoms with Crippen LogP contribution in [0.2, 0.25) is 0 Å². The molecule has 41 heavy (non-hydrogen) atoms. The van der Waals surface area contributed by atoms with Crippen molar-refractivity contribution >= 4 is 28.9 Å². The molecule has 0 bridgehead atoms. The zero-order valence-electron chi connectivity index (χ0n) is 23.7. The first-order chi connectivity index (χ1) is 20.0. The number of hydrogen-bond acceptors (Lipinski definition) is 4. The number of rotatable bonds is 7. The molecule has 2 saturated heterocycles. The second-order valence-electron chi connectivity index (χ2n) is 11.8. The van der Waals surface area contributed by atoms with Crippen molar-refractivity contribution in [2.24, 2.45) is 5.92 Å². The number of carbonyl (C=O) groups excluding carboxylic acids is 2. The van der Waals surface area contributed by atoms with Crippen LogP contribution in [-0.4, -0.2) is 42.4 Å². The summed E-state index contributed by atoms with van der Waals surface area (Å²) in [6.07, 6.45) is 7.28. The summed E-state index contributed by atoms with van der Waals surface area (Å²) in [5.41, 5.74) is 4.47. The van der Waals surface area contributed by atoms with Crippen molar-refractivity contribution in [3.8, 4) is 0 Å². The fourth-order valence-electron chi connectivity index (χ4n) is 6.51. The van der Waals surface area contributed by atoms with Crippen LogP contribution >= 0.6 is 0 Å². The number of halogens is 1.